The Morgan fingerprint density at radius 1 is 1.38 bits per heavy atom. The van der Waals surface area contributed by atoms with Gasteiger partial charge in [-0.2, -0.15) is 0 Å². The van der Waals surface area contributed by atoms with E-state index in [1.54, 1.807) is 6.07 Å². The van der Waals surface area contributed by atoms with E-state index in [-0.39, 0.29) is 6.04 Å². The SMILES string of the molecule is CC(C)N(CC1CC1)c1nc2ccccc2cc1C(=O)O. The van der Waals surface area contributed by atoms with Crippen LogP contribution in [0.3, 0.4) is 0 Å². The molecule has 1 fully saturated rings. The van der Waals surface area contributed by atoms with Gasteiger partial charge in [-0.1, -0.05) is 18.2 Å². The average molecular weight is 284 g/mol. The molecule has 0 unspecified atom stereocenters. The molecule has 0 saturated heterocycles. The highest BCUT2D eigenvalue weighted by Crippen LogP contribution is 2.33. The van der Waals surface area contributed by atoms with E-state index in [2.05, 4.69) is 23.7 Å². The van der Waals surface area contributed by atoms with Crippen LogP contribution in [-0.2, 0) is 0 Å². The molecule has 0 spiro atoms. The van der Waals surface area contributed by atoms with Crippen LogP contribution in [0.25, 0.3) is 10.9 Å². The first-order valence-electron chi connectivity index (χ1n) is 7.46. The van der Waals surface area contributed by atoms with Crippen LogP contribution in [0.2, 0.25) is 0 Å². The number of carboxylic acids is 1. The van der Waals surface area contributed by atoms with E-state index in [0.717, 1.165) is 17.4 Å². The molecule has 0 atom stereocenters. The van der Waals surface area contributed by atoms with Crippen molar-refractivity contribution in [1.82, 2.24) is 4.98 Å². The minimum atomic E-state index is -0.912. The number of rotatable bonds is 5. The van der Waals surface area contributed by atoms with Crippen molar-refractivity contribution in [1.29, 1.82) is 0 Å². The average Bonchev–Trinajstić information content (AvgIpc) is 3.27. The number of para-hydroxylation sites is 1. The molecule has 21 heavy (non-hydrogen) atoms. The first-order valence-corrected chi connectivity index (χ1v) is 7.46. The van der Waals surface area contributed by atoms with Crippen molar-refractivity contribution in [2.45, 2.75) is 32.7 Å². The molecule has 110 valence electrons. The molecule has 1 aliphatic carbocycles. The first-order chi connectivity index (χ1) is 10.1. The number of benzene rings is 1. The largest absolute Gasteiger partial charge is 0.478 e. The Morgan fingerprint density at radius 2 is 2.10 bits per heavy atom. The number of fused-ring (bicyclic) bond motifs is 1. The quantitative estimate of drug-likeness (QED) is 0.912. The Balaban J connectivity index is 2.12. The fourth-order valence-electron chi connectivity index (χ4n) is 2.60. The molecule has 1 saturated carbocycles. The summed E-state index contributed by atoms with van der Waals surface area (Å²) in [5.74, 6) is 0.370. The zero-order valence-corrected chi connectivity index (χ0v) is 12.4. The van der Waals surface area contributed by atoms with Gasteiger partial charge in [0, 0.05) is 18.0 Å². The third kappa shape index (κ3) is 2.84. The van der Waals surface area contributed by atoms with Gasteiger partial charge < -0.3 is 10.0 Å². The smallest absolute Gasteiger partial charge is 0.339 e. The molecule has 1 N–H and O–H groups in total. The van der Waals surface area contributed by atoms with E-state index < -0.39 is 5.97 Å². The number of pyridine rings is 1. The van der Waals surface area contributed by atoms with Gasteiger partial charge in [0.25, 0.3) is 0 Å². The van der Waals surface area contributed by atoms with Crippen molar-refractivity contribution in [3.05, 3.63) is 35.9 Å². The van der Waals surface area contributed by atoms with Gasteiger partial charge in [-0.3, -0.25) is 0 Å². The maximum Gasteiger partial charge on any atom is 0.339 e. The van der Waals surface area contributed by atoms with Crippen molar-refractivity contribution in [2.24, 2.45) is 5.92 Å². The van der Waals surface area contributed by atoms with Gasteiger partial charge >= 0.3 is 5.97 Å². The summed E-state index contributed by atoms with van der Waals surface area (Å²) in [6.45, 7) is 5.07. The fraction of sp³-hybridized carbons (Fsp3) is 0.412. The van der Waals surface area contributed by atoms with Crippen molar-refractivity contribution >= 4 is 22.7 Å². The molecular formula is C17H20N2O2. The molecule has 3 rings (SSSR count). The number of carboxylic acid groups (broad SMARTS) is 1. The number of carbonyl (C=O) groups is 1. The number of aromatic nitrogens is 1. The summed E-state index contributed by atoms with van der Waals surface area (Å²) in [5, 5.41) is 10.4. The Kier molecular flexibility index (Phi) is 3.53. The number of anilines is 1. The second-order valence-electron chi connectivity index (χ2n) is 6.05. The predicted molar refractivity (Wildman–Crippen MR) is 83.9 cm³/mol. The van der Waals surface area contributed by atoms with Crippen molar-refractivity contribution in [3.8, 4) is 0 Å². The summed E-state index contributed by atoms with van der Waals surface area (Å²) in [6.07, 6.45) is 2.47. The second-order valence-corrected chi connectivity index (χ2v) is 6.05. The van der Waals surface area contributed by atoms with Crippen LogP contribution in [0.15, 0.2) is 30.3 Å². The second kappa shape index (κ2) is 5.35. The molecule has 1 aromatic heterocycles. The third-order valence-electron chi connectivity index (χ3n) is 3.98. The molecular weight excluding hydrogens is 264 g/mol. The van der Waals surface area contributed by atoms with Crippen LogP contribution >= 0.6 is 0 Å². The lowest BCUT2D eigenvalue weighted by atomic mass is 10.1. The number of nitrogens with zero attached hydrogens (tertiary/aromatic N) is 2. The molecule has 0 radical (unpaired) electrons. The van der Waals surface area contributed by atoms with Crippen molar-refractivity contribution in [2.75, 3.05) is 11.4 Å². The van der Waals surface area contributed by atoms with E-state index >= 15 is 0 Å². The number of hydrogen-bond donors (Lipinski definition) is 1. The van der Waals surface area contributed by atoms with Crippen LogP contribution in [0.1, 0.15) is 37.0 Å². The zero-order chi connectivity index (χ0) is 15.0. The van der Waals surface area contributed by atoms with Crippen LogP contribution in [0.4, 0.5) is 5.82 Å². The summed E-state index contributed by atoms with van der Waals surface area (Å²) < 4.78 is 0. The molecule has 1 aliphatic rings. The standard InChI is InChI=1S/C17H20N2O2/c1-11(2)19(10-12-7-8-12)16-14(17(20)21)9-13-5-3-4-6-15(13)18-16/h3-6,9,11-12H,7-8,10H2,1-2H3,(H,20,21). The van der Waals surface area contributed by atoms with E-state index in [0.29, 0.717) is 17.3 Å². The molecule has 4 nitrogen and oxygen atoms in total. The van der Waals surface area contributed by atoms with Crippen LogP contribution in [0, 0.1) is 5.92 Å². The zero-order valence-electron chi connectivity index (χ0n) is 12.4. The lowest BCUT2D eigenvalue weighted by Gasteiger charge is -2.29. The van der Waals surface area contributed by atoms with Gasteiger partial charge in [0.15, 0.2) is 0 Å². The monoisotopic (exact) mass is 284 g/mol. The highest BCUT2D eigenvalue weighted by atomic mass is 16.4. The Morgan fingerprint density at radius 3 is 2.71 bits per heavy atom. The molecule has 2 aromatic rings. The topological polar surface area (TPSA) is 53.4 Å². The van der Waals surface area contributed by atoms with Gasteiger partial charge in [-0.05, 0) is 44.7 Å². The third-order valence-corrected chi connectivity index (χ3v) is 3.98. The molecule has 1 aromatic carbocycles. The van der Waals surface area contributed by atoms with Crippen molar-refractivity contribution in [3.63, 3.8) is 0 Å². The van der Waals surface area contributed by atoms with Gasteiger partial charge in [0.1, 0.15) is 11.4 Å². The lowest BCUT2D eigenvalue weighted by molar-refractivity contribution is 0.0697. The van der Waals surface area contributed by atoms with Crippen LogP contribution < -0.4 is 4.90 Å². The highest BCUT2D eigenvalue weighted by Gasteiger charge is 2.28. The summed E-state index contributed by atoms with van der Waals surface area (Å²) in [4.78, 5) is 18.4. The fourth-order valence-corrected chi connectivity index (χ4v) is 2.60. The summed E-state index contributed by atoms with van der Waals surface area (Å²) in [6, 6.07) is 9.64. The summed E-state index contributed by atoms with van der Waals surface area (Å²) in [5.41, 5.74) is 1.14. The molecule has 4 heteroatoms. The summed E-state index contributed by atoms with van der Waals surface area (Å²) >= 11 is 0. The molecule has 0 aliphatic heterocycles. The van der Waals surface area contributed by atoms with E-state index in [1.165, 1.54) is 12.8 Å². The Hall–Kier alpha value is -2.10. The Labute approximate surface area is 124 Å². The first kappa shape index (κ1) is 13.9. The van der Waals surface area contributed by atoms with Gasteiger partial charge in [0.05, 0.1) is 5.52 Å². The minimum Gasteiger partial charge on any atom is -0.478 e. The summed E-state index contributed by atoms with van der Waals surface area (Å²) in [7, 11) is 0. The van der Waals surface area contributed by atoms with Crippen LogP contribution in [-0.4, -0.2) is 28.6 Å². The number of hydrogen-bond acceptors (Lipinski definition) is 3. The normalized spacial score (nSPS) is 14.6. The van der Waals surface area contributed by atoms with Crippen molar-refractivity contribution < 1.29 is 9.90 Å². The Bertz CT molecular complexity index is 678. The maximum atomic E-state index is 11.6. The van der Waals surface area contributed by atoms with E-state index in [1.807, 2.05) is 24.3 Å². The molecule has 0 amide bonds. The van der Waals surface area contributed by atoms with Gasteiger partial charge in [-0.25, -0.2) is 9.78 Å². The van der Waals surface area contributed by atoms with E-state index in [4.69, 9.17) is 0 Å². The van der Waals surface area contributed by atoms with Gasteiger partial charge in [-0.15, -0.1) is 0 Å². The lowest BCUT2D eigenvalue weighted by Crippen LogP contribution is -2.34. The van der Waals surface area contributed by atoms with Crippen LogP contribution in [0.5, 0.6) is 0 Å². The molecule has 0 bridgehead atoms. The van der Waals surface area contributed by atoms with Gasteiger partial charge in [0.2, 0.25) is 0 Å². The minimum absolute atomic E-state index is 0.234. The predicted octanol–water partition coefficient (Wildman–Crippen LogP) is 3.56. The van der Waals surface area contributed by atoms with E-state index in [9.17, 15) is 9.90 Å². The highest BCUT2D eigenvalue weighted by molar-refractivity contribution is 5.98. The number of aromatic carboxylic acids is 1. The molecule has 1 heterocycles. The maximum absolute atomic E-state index is 11.6.